The molecule has 24 heavy (non-hydrogen) atoms. The molecule has 0 aliphatic heterocycles. The van der Waals surface area contributed by atoms with Crippen LogP contribution in [0.4, 0.5) is 11.5 Å². The van der Waals surface area contributed by atoms with Gasteiger partial charge >= 0.3 is 0 Å². The van der Waals surface area contributed by atoms with E-state index in [2.05, 4.69) is 40.9 Å². The summed E-state index contributed by atoms with van der Waals surface area (Å²) in [6.45, 7) is 0. The third-order valence-corrected chi connectivity index (χ3v) is 5.46. The molecule has 0 bridgehead atoms. The molecule has 2 aromatic heterocycles. The number of nitrogens with one attached hydrogen (secondary N) is 3. The van der Waals surface area contributed by atoms with Gasteiger partial charge < -0.3 is 15.0 Å². The number of aromatic amines is 1. The number of hydrogen-bond donors (Lipinski definition) is 3. The van der Waals surface area contributed by atoms with Crippen molar-refractivity contribution in [3.63, 3.8) is 0 Å². The Kier molecular flexibility index (Phi) is 4.43. The molecule has 0 aliphatic carbocycles. The summed E-state index contributed by atoms with van der Waals surface area (Å²) in [5.74, 6) is 1.01. The average molecular weight is 412 g/mol. The van der Waals surface area contributed by atoms with Crippen LogP contribution in [0, 0.1) is 0 Å². The molecule has 0 saturated heterocycles. The number of ether oxygens (including phenoxy) is 1. The monoisotopic (exact) mass is 411 g/mol. The fraction of sp³-hybridized carbons (Fsp3) is 0.143. The topological polar surface area (TPSA) is 109 Å². The van der Waals surface area contributed by atoms with Crippen LogP contribution in [0.1, 0.15) is 0 Å². The molecule has 0 saturated carbocycles. The minimum Gasteiger partial charge on any atom is -0.495 e. The van der Waals surface area contributed by atoms with Crippen molar-refractivity contribution in [2.24, 2.45) is 0 Å². The van der Waals surface area contributed by atoms with Crippen LogP contribution in [0.15, 0.2) is 40.1 Å². The lowest BCUT2D eigenvalue weighted by atomic mass is 10.2. The van der Waals surface area contributed by atoms with Crippen LogP contribution in [-0.4, -0.2) is 37.5 Å². The highest BCUT2D eigenvalue weighted by Crippen LogP contribution is 2.34. The Bertz CT molecular complexity index is 1000. The number of aromatic nitrogens is 3. The van der Waals surface area contributed by atoms with E-state index in [1.54, 1.807) is 12.3 Å². The number of rotatable bonds is 5. The smallest absolute Gasteiger partial charge is 0.240 e. The summed E-state index contributed by atoms with van der Waals surface area (Å²) < 4.78 is 32.4. The van der Waals surface area contributed by atoms with Gasteiger partial charge in [0.1, 0.15) is 23.5 Å². The molecule has 3 aromatic rings. The second kappa shape index (κ2) is 6.38. The van der Waals surface area contributed by atoms with Gasteiger partial charge in [-0.3, -0.25) is 0 Å². The first-order valence-corrected chi connectivity index (χ1v) is 9.10. The number of nitrogens with zero attached hydrogens (tertiary/aromatic N) is 2. The number of H-pyrrole nitrogens is 1. The maximum atomic E-state index is 12.0. The Morgan fingerprint density at radius 3 is 2.79 bits per heavy atom. The molecule has 2 heterocycles. The van der Waals surface area contributed by atoms with Crippen molar-refractivity contribution in [3.8, 4) is 5.75 Å². The van der Waals surface area contributed by atoms with Gasteiger partial charge in [-0.15, -0.1) is 0 Å². The average Bonchev–Trinajstić information content (AvgIpc) is 2.97. The Balaban J connectivity index is 2.11. The highest BCUT2D eigenvalue weighted by atomic mass is 79.9. The van der Waals surface area contributed by atoms with E-state index in [4.69, 9.17) is 4.74 Å². The summed E-state index contributed by atoms with van der Waals surface area (Å²) in [5, 5.41) is 3.86. The summed E-state index contributed by atoms with van der Waals surface area (Å²) >= 11 is 3.44. The highest BCUT2D eigenvalue weighted by molar-refractivity contribution is 9.10. The lowest BCUT2D eigenvalue weighted by molar-refractivity contribution is 0.416. The van der Waals surface area contributed by atoms with Crippen LogP contribution < -0.4 is 14.8 Å². The SMILES string of the molecule is CNS(=O)(=O)c1ccc(OC)c(Nc2ncnc3[nH]cc(Br)c23)c1. The number of anilines is 2. The van der Waals surface area contributed by atoms with Crippen molar-refractivity contribution in [1.29, 1.82) is 0 Å². The van der Waals surface area contributed by atoms with Gasteiger partial charge in [0, 0.05) is 10.7 Å². The molecule has 0 unspecified atom stereocenters. The van der Waals surface area contributed by atoms with Crippen LogP contribution in [0.25, 0.3) is 11.0 Å². The lowest BCUT2D eigenvalue weighted by Crippen LogP contribution is -2.18. The quantitative estimate of drug-likeness (QED) is 0.594. The summed E-state index contributed by atoms with van der Waals surface area (Å²) in [5.41, 5.74) is 1.12. The van der Waals surface area contributed by atoms with E-state index in [0.717, 1.165) is 9.86 Å². The van der Waals surface area contributed by atoms with Gasteiger partial charge in [0.25, 0.3) is 0 Å². The van der Waals surface area contributed by atoms with E-state index >= 15 is 0 Å². The molecule has 3 rings (SSSR count). The molecule has 8 nitrogen and oxygen atoms in total. The zero-order chi connectivity index (χ0) is 17.3. The molecule has 0 amide bonds. The Labute approximate surface area is 146 Å². The van der Waals surface area contributed by atoms with Gasteiger partial charge in [-0.25, -0.2) is 23.1 Å². The first-order valence-electron chi connectivity index (χ1n) is 6.82. The predicted molar refractivity (Wildman–Crippen MR) is 94.1 cm³/mol. The molecule has 0 aliphatic rings. The Morgan fingerprint density at radius 2 is 2.08 bits per heavy atom. The van der Waals surface area contributed by atoms with E-state index in [0.29, 0.717) is 22.9 Å². The van der Waals surface area contributed by atoms with Crippen LogP contribution in [0.2, 0.25) is 0 Å². The molecule has 3 N–H and O–H groups in total. The molecule has 0 spiro atoms. The normalized spacial score (nSPS) is 11.6. The van der Waals surface area contributed by atoms with Gasteiger partial charge in [-0.1, -0.05) is 0 Å². The van der Waals surface area contributed by atoms with Crippen LogP contribution in [0.5, 0.6) is 5.75 Å². The summed E-state index contributed by atoms with van der Waals surface area (Å²) in [4.78, 5) is 11.5. The summed E-state index contributed by atoms with van der Waals surface area (Å²) in [6.07, 6.45) is 3.16. The van der Waals surface area contributed by atoms with E-state index in [1.165, 1.54) is 32.6 Å². The standard InChI is InChI=1S/C14H14BrN5O3S/c1-16-24(21,22)8-3-4-11(23-2)10(5-8)20-14-12-9(15)6-17-13(12)18-7-19-14/h3-7,16H,1-2H3,(H2,17,18,19,20). The number of benzene rings is 1. The first-order chi connectivity index (χ1) is 11.5. The molecule has 126 valence electrons. The second-order valence-electron chi connectivity index (χ2n) is 4.78. The van der Waals surface area contributed by atoms with Crippen LogP contribution >= 0.6 is 15.9 Å². The maximum Gasteiger partial charge on any atom is 0.240 e. The van der Waals surface area contributed by atoms with Gasteiger partial charge in [-0.2, -0.15) is 0 Å². The van der Waals surface area contributed by atoms with Gasteiger partial charge in [0.15, 0.2) is 0 Å². The number of fused-ring (bicyclic) bond motifs is 1. The maximum absolute atomic E-state index is 12.0. The summed E-state index contributed by atoms with van der Waals surface area (Å²) in [6, 6.07) is 4.54. The van der Waals surface area contributed by atoms with E-state index < -0.39 is 10.0 Å². The third-order valence-electron chi connectivity index (χ3n) is 3.42. The minimum absolute atomic E-state index is 0.117. The largest absolute Gasteiger partial charge is 0.495 e. The molecule has 0 fully saturated rings. The third kappa shape index (κ3) is 2.95. The summed E-state index contributed by atoms with van der Waals surface area (Å²) in [7, 11) is -0.704. The lowest BCUT2D eigenvalue weighted by Gasteiger charge is -2.13. The minimum atomic E-state index is -3.57. The molecular formula is C14H14BrN5O3S. The molecule has 10 heteroatoms. The van der Waals surface area contributed by atoms with E-state index in [-0.39, 0.29) is 4.90 Å². The molecule has 0 atom stereocenters. The predicted octanol–water partition coefficient (Wildman–Crippen LogP) is 2.38. The molecule has 0 radical (unpaired) electrons. The van der Waals surface area contributed by atoms with Gasteiger partial charge in [0.05, 0.1) is 23.1 Å². The van der Waals surface area contributed by atoms with Gasteiger partial charge in [-0.05, 0) is 41.2 Å². The number of halogens is 1. The number of hydrogen-bond acceptors (Lipinski definition) is 6. The zero-order valence-electron chi connectivity index (χ0n) is 12.8. The molecular weight excluding hydrogens is 398 g/mol. The fourth-order valence-electron chi connectivity index (χ4n) is 2.22. The fourth-order valence-corrected chi connectivity index (χ4v) is 3.46. The van der Waals surface area contributed by atoms with Crippen molar-refractivity contribution in [2.75, 3.05) is 19.5 Å². The van der Waals surface area contributed by atoms with E-state index in [9.17, 15) is 8.42 Å². The van der Waals surface area contributed by atoms with Crippen LogP contribution in [-0.2, 0) is 10.0 Å². The zero-order valence-corrected chi connectivity index (χ0v) is 15.2. The second-order valence-corrected chi connectivity index (χ2v) is 7.52. The highest BCUT2D eigenvalue weighted by Gasteiger charge is 2.16. The van der Waals surface area contributed by atoms with Crippen molar-refractivity contribution in [3.05, 3.63) is 35.2 Å². The Morgan fingerprint density at radius 1 is 1.29 bits per heavy atom. The van der Waals surface area contributed by atoms with Gasteiger partial charge in [0.2, 0.25) is 10.0 Å². The first kappa shape index (κ1) is 16.7. The van der Waals surface area contributed by atoms with Crippen molar-refractivity contribution < 1.29 is 13.2 Å². The Hall–Kier alpha value is -2.17. The van der Waals surface area contributed by atoms with Crippen molar-refractivity contribution in [1.82, 2.24) is 19.7 Å². The van der Waals surface area contributed by atoms with E-state index in [1.807, 2.05) is 0 Å². The number of methoxy groups -OCH3 is 1. The number of sulfonamides is 1. The molecule has 1 aromatic carbocycles. The van der Waals surface area contributed by atoms with Crippen LogP contribution in [0.3, 0.4) is 0 Å². The van der Waals surface area contributed by atoms with Crippen molar-refractivity contribution >= 4 is 48.5 Å². The van der Waals surface area contributed by atoms with Crippen molar-refractivity contribution in [2.45, 2.75) is 4.90 Å².